The van der Waals surface area contributed by atoms with Gasteiger partial charge in [-0.05, 0) is 0 Å². The molecule has 0 fully saturated rings. The average molecular weight is 220 g/mol. The molecular weight excluding hydrogens is 212 g/mol. The fourth-order valence-electron chi connectivity index (χ4n) is 0.830. The van der Waals surface area contributed by atoms with E-state index < -0.39 is 29.3 Å². The van der Waals surface area contributed by atoms with Crippen LogP contribution in [-0.4, -0.2) is 48.3 Å². The summed E-state index contributed by atoms with van der Waals surface area (Å²) in [6.07, 6.45) is 0. The second kappa shape index (κ2) is 4.40. The van der Waals surface area contributed by atoms with Crippen LogP contribution in [0.15, 0.2) is 0 Å². The van der Waals surface area contributed by atoms with Crippen LogP contribution in [0.5, 0.6) is 0 Å². The molecule has 0 radical (unpaired) electrons. The van der Waals surface area contributed by atoms with E-state index in [9.17, 15) is 19.2 Å². The van der Waals surface area contributed by atoms with Gasteiger partial charge in [0.1, 0.15) is 0 Å². The van der Waals surface area contributed by atoms with E-state index in [-0.39, 0.29) is 0 Å². The maximum absolute atomic E-state index is 11.0. The van der Waals surface area contributed by atoms with Gasteiger partial charge in [-0.3, -0.25) is 0 Å². The molecule has 0 aliphatic heterocycles. The summed E-state index contributed by atoms with van der Waals surface area (Å²) in [6, 6.07) is 0. The third-order valence-electron chi connectivity index (χ3n) is 1.62. The molecule has 0 aliphatic carbocycles. The molecule has 0 heterocycles. The molecule has 2 N–H and O–H groups in total. The van der Waals surface area contributed by atoms with Crippen LogP contribution in [0.3, 0.4) is 0 Å². The summed E-state index contributed by atoms with van der Waals surface area (Å²) in [6.45, 7) is 0. The fourth-order valence-corrected chi connectivity index (χ4v) is 0.830. The number of hydrogen-bond acceptors (Lipinski definition) is 6. The second-order valence-corrected chi connectivity index (χ2v) is 2.34. The minimum Gasteiger partial charge on any atom is -0.480 e. The molecule has 0 saturated heterocycles. The lowest BCUT2D eigenvalue weighted by Crippen LogP contribution is -2.53. The van der Waals surface area contributed by atoms with E-state index in [0.29, 0.717) is 0 Å². The van der Waals surface area contributed by atoms with Gasteiger partial charge in [-0.2, -0.15) is 0 Å². The molecule has 15 heavy (non-hydrogen) atoms. The van der Waals surface area contributed by atoms with E-state index >= 15 is 0 Å². The van der Waals surface area contributed by atoms with Gasteiger partial charge in [-0.25, -0.2) is 19.2 Å². The van der Waals surface area contributed by atoms with Gasteiger partial charge in [0.15, 0.2) is 0 Å². The Hall–Kier alpha value is -2.12. The zero-order valence-electron chi connectivity index (χ0n) is 7.84. The number of carbonyl (C=O) groups is 4. The van der Waals surface area contributed by atoms with Crippen LogP contribution in [0.2, 0.25) is 0 Å². The standard InChI is InChI=1S/C7H8O8/c1-14-5(12)7(3(8)9,4(10)11)6(13)15-2/h1-2H3,(H,8,9)(H,10,11). The van der Waals surface area contributed by atoms with Gasteiger partial charge in [0, 0.05) is 0 Å². The number of carboxylic acid groups (broad SMARTS) is 2. The Morgan fingerprint density at radius 1 is 0.867 bits per heavy atom. The van der Waals surface area contributed by atoms with Gasteiger partial charge in [0.25, 0.3) is 0 Å². The van der Waals surface area contributed by atoms with Crippen molar-refractivity contribution in [2.45, 2.75) is 0 Å². The quantitative estimate of drug-likeness (QED) is 0.432. The largest absolute Gasteiger partial charge is 0.480 e. The number of rotatable bonds is 4. The maximum Gasteiger partial charge on any atom is 0.355 e. The zero-order valence-corrected chi connectivity index (χ0v) is 7.84. The van der Waals surface area contributed by atoms with E-state index in [1.807, 2.05) is 0 Å². The van der Waals surface area contributed by atoms with Gasteiger partial charge in [0.05, 0.1) is 14.2 Å². The Labute approximate surface area is 83.4 Å². The van der Waals surface area contributed by atoms with Crippen molar-refractivity contribution in [2.24, 2.45) is 5.41 Å². The molecular formula is C7H8O8. The normalized spacial score (nSPS) is 10.3. The van der Waals surface area contributed by atoms with E-state index in [0.717, 1.165) is 14.2 Å². The molecule has 8 heteroatoms. The van der Waals surface area contributed by atoms with Crippen molar-refractivity contribution in [2.75, 3.05) is 14.2 Å². The van der Waals surface area contributed by atoms with Crippen molar-refractivity contribution in [1.29, 1.82) is 0 Å². The monoisotopic (exact) mass is 220 g/mol. The van der Waals surface area contributed by atoms with Crippen LogP contribution in [0.1, 0.15) is 0 Å². The number of hydrogen-bond donors (Lipinski definition) is 2. The summed E-state index contributed by atoms with van der Waals surface area (Å²) in [5.41, 5.74) is -3.37. The molecule has 0 bridgehead atoms. The summed E-state index contributed by atoms with van der Waals surface area (Å²) < 4.78 is 7.92. The third-order valence-corrected chi connectivity index (χ3v) is 1.62. The van der Waals surface area contributed by atoms with Gasteiger partial charge in [-0.1, -0.05) is 0 Å². The van der Waals surface area contributed by atoms with E-state index in [1.165, 1.54) is 0 Å². The maximum atomic E-state index is 11.0. The predicted molar refractivity (Wildman–Crippen MR) is 41.7 cm³/mol. The fraction of sp³-hybridized carbons (Fsp3) is 0.429. The van der Waals surface area contributed by atoms with Crippen LogP contribution in [0, 0.1) is 5.41 Å². The predicted octanol–water partition coefficient (Wildman–Crippen LogP) is -1.51. The second-order valence-electron chi connectivity index (χ2n) is 2.34. The van der Waals surface area contributed by atoms with Gasteiger partial charge in [0.2, 0.25) is 0 Å². The summed E-state index contributed by atoms with van der Waals surface area (Å²) >= 11 is 0. The minimum atomic E-state index is -3.37. The van der Waals surface area contributed by atoms with Crippen LogP contribution in [-0.2, 0) is 28.7 Å². The molecule has 0 aromatic heterocycles. The van der Waals surface area contributed by atoms with Crippen LogP contribution < -0.4 is 0 Å². The molecule has 8 nitrogen and oxygen atoms in total. The highest BCUT2D eigenvalue weighted by atomic mass is 16.6. The van der Waals surface area contributed by atoms with Crippen molar-refractivity contribution in [3.63, 3.8) is 0 Å². The van der Waals surface area contributed by atoms with Crippen molar-refractivity contribution >= 4 is 23.9 Å². The molecule has 0 saturated carbocycles. The lowest BCUT2D eigenvalue weighted by molar-refractivity contribution is -0.186. The first-order valence-corrected chi connectivity index (χ1v) is 3.49. The van der Waals surface area contributed by atoms with Crippen LogP contribution in [0.4, 0.5) is 0 Å². The molecule has 0 spiro atoms. The van der Waals surface area contributed by atoms with E-state index in [1.54, 1.807) is 0 Å². The SMILES string of the molecule is COC(=O)C(C(=O)O)(C(=O)O)C(=O)OC. The molecule has 0 aromatic carbocycles. The first-order valence-electron chi connectivity index (χ1n) is 3.49. The highest BCUT2D eigenvalue weighted by molar-refractivity contribution is 6.31. The number of aliphatic carboxylic acids is 2. The van der Waals surface area contributed by atoms with E-state index in [2.05, 4.69) is 9.47 Å². The molecule has 84 valence electrons. The van der Waals surface area contributed by atoms with Crippen LogP contribution >= 0.6 is 0 Å². The Bertz CT molecular complexity index is 285. The summed E-state index contributed by atoms with van der Waals surface area (Å²) in [5.74, 6) is -7.80. The Morgan fingerprint density at radius 3 is 1.27 bits per heavy atom. The Kier molecular flexibility index (Phi) is 3.78. The molecule has 0 unspecified atom stereocenters. The zero-order chi connectivity index (χ0) is 12.2. The van der Waals surface area contributed by atoms with E-state index in [4.69, 9.17) is 10.2 Å². The Morgan fingerprint density at radius 2 is 1.13 bits per heavy atom. The average Bonchev–Trinajstić information content (AvgIpc) is 2.16. The number of carboxylic acids is 2. The third kappa shape index (κ3) is 1.73. The molecule has 0 atom stereocenters. The smallest absolute Gasteiger partial charge is 0.355 e. The van der Waals surface area contributed by atoms with Crippen molar-refractivity contribution in [3.8, 4) is 0 Å². The summed E-state index contributed by atoms with van der Waals surface area (Å²) in [4.78, 5) is 43.4. The molecule has 0 rings (SSSR count). The van der Waals surface area contributed by atoms with Crippen molar-refractivity contribution < 1.29 is 38.9 Å². The number of esters is 2. The van der Waals surface area contributed by atoms with Gasteiger partial charge >= 0.3 is 29.3 Å². The lowest BCUT2D eigenvalue weighted by atomic mass is 9.88. The highest BCUT2D eigenvalue weighted by Crippen LogP contribution is 2.22. The summed E-state index contributed by atoms with van der Waals surface area (Å²) in [7, 11) is 1.51. The molecule has 0 aromatic rings. The molecule has 0 aliphatic rings. The number of ether oxygens (including phenoxy) is 2. The first kappa shape index (κ1) is 12.9. The van der Waals surface area contributed by atoms with Gasteiger partial charge < -0.3 is 19.7 Å². The first-order chi connectivity index (χ1) is 6.85. The topological polar surface area (TPSA) is 127 Å². The number of methoxy groups -OCH3 is 2. The summed E-state index contributed by atoms with van der Waals surface area (Å²) in [5, 5.41) is 17.2. The Balaban J connectivity index is 5.70. The van der Waals surface area contributed by atoms with Crippen LogP contribution in [0.25, 0.3) is 0 Å². The van der Waals surface area contributed by atoms with Crippen molar-refractivity contribution in [1.82, 2.24) is 0 Å². The van der Waals surface area contributed by atoms with Crippen molar-refractivity contribution in [3.05, 3.63) is 0 Å². The minimum absolute atomic E-state index is 0.756. The highest BCUT2D eigenvalue weighted by Gasteiger charge is 2.63. The lowest BCUT2D eigenvalue weighted by Gasteiger charge is -2.18. The molecule has 0 amide bonds. The number of carbonyl (C=O) groups excluding carboxylic acids is 2. The van der Waals surface area contributed by atoms with Gasteiger partial charge in [-0.15, -0.1) is 0 Å².